The molecular formula is C12H16N2O2. The van der Waals surface area contributed by atoms with Gasteiger partial charge in [0.15, 0.2) is 0 Å². The van der Waals surface area contributed by atoms with Crippen molar-refractivity contribution in [1.82, 2.24) is 10.2 Å². The fraction of sp³-hybridized carbons (Fsp3) is 0.417. The van der Waals surface area contributed by atoms with Crippen LogP contribution in [0.4, 0.5) is 0 Å². The Balaban J connectivity index is 2.15. The molecule has 2 rings (SSSR count). The molecule has 1 heterocycles. The molecule has 4 nitrogen and oxygen atoms in total. The van der Waals surface area contributed by atoms with Gasteiger partial charge >= 0.3 is 0 Å². The molecule has 1 atom stereocenters. The Hall–Kier alpha value is -1.39. The minimum absolute atomic E-state index is 0.0284. The van der Waals surface area contributed by atoms with Crippen LogP contribution >= 0.6 is 0 Å². The van der Waals surface area contributed by atoms with E-state index in [9.17, 15) is 4.79 Å². The van der Waals surface area contributed by atoms with E-state index in [1.807, 2.05) is 35.2 Å². The molecule has 0 aromatic heterocycles. The minimum atomic E-state index is 0.0284. The summed E-state index contributed by atoms with van der Waals surface area (Å²) in [6.07, 6.45) is 0. The van der Waals surface area contributed by atoms with Crippen molar-refractivity contribution >= 4 is 5.91 Å². The third-order valence-electron chi connectivity index (χ3n) is 2.85. The summed E-state index contributed by atoms with van der Waals surface area (Å²) in [5.41, 5.74) is 1.18. The molecule has 0 aliphatic carbocycles. The van der Waals surface area contributed by atoms with Gasteiger partial charge in [0.1, 0.15) is 0 Å². The number of carbonyl (C=O) groups is 1. The molecular weight excluding hydrogens is 204 g/mol. The second kappa shape index (κ2) is 5.09. The standard InChI is InChI=1S/C12H16N2O2/c15-7-6-14-9-12(16)13-8-11(14)10-4-2-1-3-5-10/h1-5,11,15H,6-9H2,(H,13,16). The maximum absolute atomic E-state index is 11.3. The molecule has 1 aliphatic rings. The van der Waals surface area contributed by atoms with E-state index >= 15 is 0 Å². The third kappa shape index (κ3) is 2.40. The lowest BCUT2D eigenvalue weighted by molar-refractivity contribution is -0.125. The van der Waals surface area contributed by atoms with Crippen LogP contribution in [0.3, 0.4) is 0 Å². The number of hydrogen-bond acceptors (Lipinski definition) is 3. The van der Waals surface area contributed by atoms with Crippen LogP contribution in [0.15, 0.2) is 30.3 Å². The monoisotopic (exact) mass is 220 g/mol. The molecule has 0 spiro atoms. The van der Waals surface area contributed by atoms with Crippen LogP contribution in [0.2, 0.25) is 0 Å². The summed E-state index contributed by atoms with van der Waals surface area (Å²) in [4.78, 5) is 13.3. The van der Waals surface area contributed by atoms with Gasteiger partial charge in [-0.15, -0.1) is 0 Å². The number of piperazine rings is 1. The van der Waals surface area contributed by atoms with Gasteiger partial charge in [-0.25, -0.2) is 0 Å². The summed E-state index contributed by atoms with van der Waals surface area (Å²) in [5.74, 6) is 0.0284. The highest BCUT2D eigenvalue weighted by atomic mass is 16.3. The summed E-state index contributed by atoms with van der Waals surface area (Å²) in [5, 5.41) is 11.9. The van der Waals surface area contributed by atoms with E-state index < -0.39 is 0 Å². The fourth-order valence-corrected chi connectivity index (χ4v) is 2.06. The van der Waals surface area contributed by atoms with Crippen LogP contribution in [0.1, 0.15) is 11.6 Å². The van der Waals surface area contributed by atoms with Gasteiger partial charge in [0, 0.05) is 13.1 Å². The average molecular weight is 220 g/mol. The van der Waals surface area contributed by atoms with E-state index in [1.165, 1.54) is 5.56 Å². The number of carbonyl (C=O) groups excluding carboxylic acids is 1. The van der Waals surface area contributed by atoms with Crippen LogP contribution in [-0.4, -0.2) is 42.2 Å². The summed E-state index contributed by atoms with van der Waals surface area (Å²) in [7, 11) is 0. The van der Waals surface area contributed by atoms with Crippen molar-refractivity contribution in [2.24, 2.45) is 0 Å². The number of nitrogens with zero attached hydrogens (tertiary/aromatic N) is 1. The Kier molecular flexibility index (Phi) is 3.54. The van der Waals surface area contributed by atoms with Crippen molar-refractivity contribution < 1.29 is 9.90 Å². The lowest BCUT2D eigenvalue weighted by Crippen LogP contribution is -2.50. The van der Waals surface area contributed by atoms with Crippen molar-refractivity contribution in [2.75, 3.05) is 26.2 Å². The smallest absolute Gasteiger partial charge is 0.234 e. The Morgan fingerprint density at radius 3 is 2.81 bits per heavy atom. The molecule has 1 saturated heterocycles. The second-order valence-electron chi connectivity index (χ2n) is 3.92. The first kappa shape index (κ1) is 11.1. The summed E-state index contributed by atoms with van der Waals surface area (Å²) in [6.45, 7) is 1.59. The number of aliphatic hydroxyl groups is 1. The van der Waals surface area contributed by atoms with E-state index in [0.29, 0.717) is 19.6 Å². The largest absolute Gasteiger partial charge is 0.395 e. The maximum atomic E-state index is 11.3. The minimum Gasteiger partial charge on any atom is -0.395 e. The predicted molar refractivity (Wildman–Crippen MR) is 60.9 cm³/mol. The third-order valence-corrected chi connectivity index (χ3v) is 2.85. The molecule has 0 radical (unpaired) electrons. The predicted octanol–water partition coefficient (Wildman–Crippen LogP) is 0.152. The van der Waals surface area contributed by atoms with Gasteiger partial charge in [0.25, 0.3) is 0 Å². The Bertz CT molecular complexity index is 353. The van der Waals surface area contributed by atoms with Crippen molar-refractivity contribution in [3.8, 4) is 0 Å². The molecule has 16 heavy (non-hydrogen) atoms. The molecule has 1 fully saturated rings. The number of benzene rings is 1. The number of nitrogens with one attached hydrogen (secondary N) is 1. The lowest BCUT2D eigenvalue weighted by atomic mass is 10.0. The molecule has 1 aliphatic heterocycles. The second-order valence-corrected chi connectivity index (χ2v) is 3.92. The molecule has 0 bridgehead atoms. The maximum Gasteiger partial charge on any atom is 0.234 e. The van der Waals surface area contributed by atoms with Gasteiger partial charge in [-0.1, -0.05) is 30.3 Å². The summed E-state index contributed by atoms with van der Waals surface area (Å²) in [6, 6.07) is 10.2. The zero-order valence-corrected chi connectivity index (χ0v) is 9.10. The normalized spacial score (nSPS) is 21.8. The summed E-state index contributed by atoms with van der Waals surface area (Å²) < 4.78 is 0. The van der Waals surface area contributed by atoms with Gasteiger partial charge in [-0.2, -0.15) is 0 Å². The SMILES string of the molecule is O=C1CN(CCO)C(c2ccccc2)CN1. The van der Waals surface area contributed by atoms with Gasteiger partial charge in [0.05, 0.1) is 19.2 Å². The zero-order valence-electron chi connectivity index (χ0n) is 9.10. The highest BCUT2D eigenvalue weighted by molar-refractivity contribution is 5.79. The molecule has 86 valence electrons. The van der Waals surface area contributed by atoms with E-state index in [4.69, 9.17) is 5.11 Å². The Labute approximate surface area is 94.9 Å². The van der Waals surface area contributed by atoms with Crippen molar-refractivity contribution in [3.05, 3.63) is 35.9 Å². The molecule has 2 N–H and O–H groups in total. The van der Waals surface area contributed by atoms with Gasteiger partial charge in [-0.3, -0.25) is 9.69 Å². The van der Waals surface area contributed by atoms with Crippen molar-refractivity contribution in [3.63, 3.8) is 0 Å². The van der Waals surface area contributed by atoms with Crippen LogP contribution in [-0.2, 0) is 4.79 Å². The molecule has 1 unspecified atom stereocenters. The highest BCUT2D eigenvalue weighted by Crippen LogP contribution is 2.21. The van der Waals surface area contributed by atoms with E-state index in [-0.39, 0.29) is 18.6 Å². The first-order valence-electron chi connectivity index (χ1n) is 5.48. The molecule has 1 aromatic carbocycles. The fourth-order valence-electron chi connectivity index (χ4n) is 2.06. The average Bonchev–Trinajstić information content (AvgIpc) is 2.31. The van der Waals surface area contributed by atoms with Crippen LogP contribution in [0.5, 0.6) is 0 Å². The van der Waals surface area contributed by atoms with E-state index in [2.05, 4.69) is 5.32 Å². The number of hydrogen-bond donors (Lipinski definition) is 2. The van der Waals surface area contributed by atoms with Crippen LogP contribution in [0, 0.1) is 0 Å². The first-order chi connectivity index (χ1) is 7.81. The van der Waals surface area contributed by atoms with Crippen LogP contribution in [0.25, 0.3) is 0 Å². The first-order valence-corrected chi connectivity index (χ1v) is 5.48. The van der Waals surface area contributed by atoms with E-state index in [0.717, 1.165) is 0 Å². The van der Waals surface area contributed by atoms with Gasteiger partial charge in [0.2, 0.25) is 5.91 Å². The lowest BCUT2D eigenvalue weighted by Gasteiger charge is -2.35. The number of rotatable bonds is 3. The molecule has 1 amide bonds. The number of β-amino-alcohol motifs (C(OH)–C–C–N with tert-alkyl or cyclic N) is 1. The molecule has 0 saturated carbocycles. The molecule has 1 aromatic rings. The molecule has 4 heteroatoms. The number of aliphatic hydroxyl groups excluding tert-OH is 1. The topological polar surface area (TPSA) is 52.6 Å². The number of amides is 1. The van der Waals surface area contributed by atoms with E-state index in [1.54, 1.807) is 0 Å². The zero-order chi connectivity index (χ0) is 11.4. The Morgan fingerprint density at radius 2 is 2.12 bits per heavy atom. The van der Waals surface area contributed by atoms with Gasteiger partial charge in [-0.05, 0) is 5.56 Å². The van der Waals surface area contributed by atoms with Crippen LogP contribution < -0.4 is 5.32 Å². The Morgan fingerprint density at radius 1 is 1.38 bits per heavy atom. The quantitative estimate of drug-likeness (QED) is 0.762. The highest BCUT2D eigenvalue weighted by Gasteiger charge is 2.26. The van der Waals surface area contributed by atoms with Crippen molar-refractivity contribution in [2.45, 2.75) is 6.04 Å². The summed E-state index contributed by atoms with van der Waals surface area (Å²) >= 11 is 0. The van der Waals surface area contributed by atoms with Crippen molar-refractivity contribution in [1.29, 1.82) is 0 Å². The van der Waals surface area contributed by atoms with Gasteiger partial charge < -0.3 is 10.4 Å².